The maximum absolute atomic E-state index is 13.8. The van der Waals surface area contributed by atoms with E-state index in [1.807, 2.05) is 0 Å². The van der Waals surface area contributed by atoms with Crippen LogP contribution in [-0.2, 0) is 6.18 Å². The van der Waals surface area contributed by atoms with Crippen molar-refractivity contribution in [2.45, 2.75) is 6.18 Å². The molecule has 21 heavy (non-hydrogen) atoms. The molecule has 2 aromatic rings. The van der Waals surface area contributed by atoms with E-state index in [2.05, 4.69) is 0 Å². The van der Waals surface area contributed by atoms with E-state index in [0.717, 1.165) is 12.1 Å². The van der Waals surface area contributed by atoms with Crippen LogP contribution in [0, 0.1) is 5.82 Å². The molecule has 0 radical (unpaired) electrons. The number of hydrogen-bond donors (Lipinski definition) is 1. The lowest BCUT2D eigenvalue weighted by Crippen LogP contribution is -2.36. The average molecular weight is 304 g/mol. The summed E-state index contributed by atoms with van der Waals surface area (Å²) in [6.07, 6.45) is -4.88. The first-order chi connectivity index (χ1) is 9.74. The van der Waals surface area contributed by atoms with Crippen LogP contribution in [0.3, 0.4) is 0 Å². The monoisotopic (exact) mass is 304 g/mol. The molecule has 0 aliphatic rings. The minimum absolute atomic E-state index is 0.132. The van der Waals surface area contributed by atoms with E-state index in [9.17, 15) is 27.2 Å². The lowest BCUT2D eigenvalue weighted by Gasteiger charge is -2.10. The summed E-state index contributed by atoms with van der Waals surface area (Å²) in [5.41, 5.74) is -4.66. The Hall–Kier alpha value is -2.58. The van der Waals surface area contributed by atoms with Gasteiger partial charge in [-0.05, 0) is 12.1 Å². The largest absolute Gasteiger partial charge is 0.497 e. The summed E-state index contributed by atoms with van der Waals surface area (Å²) in [4.78, 5) is 24.8. The van der Waals surface area contributed by atoms with Gasteiger partial charge in [0, 0.05) is 12.1 Å². The van der Waals surface area contributed by atoms with Gasteiger partial charge in [0.1, 0.15) is 11.4 Å². The number of methoxy groups -OCH3 is 1. The molecule has 1 aromatic heterocycles. The second-order valence-electron chi connectivity index (χ2n) is 3.98. The Morgan fingerprint density at radius 1 is 1.19 bits per heavy atom. The fourth-order valence-electron chi connectivity index (χ4n) is 1.67. The number of aromatic amines is 1. The number of benzene rings is 1. The first-order valence-corrected chi connectivity index (χ1v) is 5.51. The summed E-state index contributed by atoms with van der Waals surface area (Å²) in [5, 5.41) is 0. The number of aromatic nitrogens is 2. The van der Waals surface area contributed by atoms with Gasteiger partial charge in [-0.1, -0.05) is 0 Å². The van der Waals surface area contributed by atoms with Crippen molar-refractivity contribution in [3.8, 4) is 11.4 Å². The first-order valence-electron chi connectivity index (χ1n) is 5.51. The Kier molecular flexibility index (Phi) is 3.58. The normalized spacial score (nSPS) is 11.5. The van der Waals surface area contributed by atoms with Crippen LogP contribution in [-0.4, -0.2) is 16.7 Å². The molecule has 0 fully saturated rings. The molecule has 5 nitrogen and oxygen atoms in total. The number of ether oxygens (including phenoxy) is 1. The predicted molar refractivity (Wildman–Crippen MR) is 64.2 cm³/mol. The molecule has 0 saturated carbocycles. The number of H-pyrrole nitrogens is 1. The van der Waals surface area contributed by atoms with E-state index < -0.39 is 34.6 Å². The quantitative estimate of drug-likeness (QED) is 0.859. The third-order valence-electron chi connectivity index (χ3n) is 2.63. The molecule has 0 unspecified atom stereocenters. The fraction of sp³-hybridized carbons (Fsp3) is 0.167. The van der Waals surface area contributed by atoms with Gasteiger partial charge in [0.15, 0.2) is 5.82 Å². The Labute approximate surface area is 114 Å². The van der Waals surface area contributed by atoms with E-state index >= 15 is 0 Å². The highest BCUT2D eigenvalue weighted by Gasteiger charge is 2.33. The number of hydrogen-bond acceptors (Lipinski definition) is 3. The van der Waals surface area contributed by atoms with Crippen molar-refractivity contribution in [3.63, 3.8) is 0 Å². The van der Waals surface area contributed by atoms with E-state index in [4.69, 9.17) is 4.74 Å². The molecular formula is C12H8F4N2O3. The van der Waals surface area contributed by atoms with Crippen molar-refractivity contribution < 1.29 is 22.3 Å². The Morgan fingerprint density at radius 3 is 2.33 bits per heavy atom. The highest BCUT2D eigenvalue weighted by Crippen LogP contribution is 2.25. The van der Waals surface area contributed by atoms with E-state index in [-0.39, 0.29) is 16.4 Å². The molecule has 1 N–H and O–H groups in total. The van der Waals surface area contributed by atoms with Crippen LogP contribution in [0.25, 0.3) is 5.69 Å². The van der Waals surface area contributed by atoms with Crippen molar-refractivity contribution in [1.82, 2.24) is 9.55 Å². The third-order valence-corrected chi connectivity index (χ3v) is 2.63. The Bertz CT molecular complexity index is 761. The van der Waals surface area contributed by atoms with Gasteiger partial charge in [-0.2, -0.15) is 13.2 Å². The van der Waals surface area contributed by atoms with Gasteiger partial charge in [0.2, 0.25) is 0 Å². The maximum Gasteiger partial charge on any atom is 0.431 e. The van der Waals surface area contributed by atoms with Gasteiger partial charge in [0.05, 0.1) is 12.8 Å². The van der Waals surface area contributed by atoms with Crippen LogP contribution in [0.4, 0.5) is 17.6 Å². The number of halogens is 4. The van der Waals surface area contributed by atoms with Gasteiger partial charge in [0.25, 0.3) is 5.56 Å². The summed E-state index contributed by atoms with van der Waals surface area (Å²) >= 11 is 0. The summed E-state index contributed by atoms with van der Waals surface area (Å²) in [7, 11) is 1.28. The van der Waals surface area contributed by atoms with Crippen molar-refractivity contribution >= 4 is 0 Å². The molecule has 0 aliphatic heterocycles. The van der Waals surface area contributed by atoms with Crippen molar-refractivity contribution in [1.29, 1.82) is 0 Å². The SMILES string of the molecule is COc1ccc(-n2c(=O)cc(C(F)(F)F)[nH]c2=O)c(F)c1. The summed E-state index contributed by atoms with van der Waals surface area (Å²) in [6.45, 7) is 0. The molecule has 0 bridgehead atoms. The molecule has 0 aliphatic carbocycles. The zero-order chi connectivity index (χ0) is 15.8. The fourth-order valence-corrected chi connectivity index (χ4v) is 1.67. The molecule has 9 heteroatoms. The third kappa shape index (κ3) is 2.81. The molecule has 0 amide bonds. The van der Waals surface area contributed by atoms with Crippen LogP contribution >= 0.6 is 0 Å². The van der Waals surface area contributed by atoms with Crippen LogP contribution in [0.2, 0.25) is 0 Å². The van der Waals surface area contributed by atoms with Crippen LogP contribution in [0.5, 0.6) is 5.75 Å². The molecule has 1 aromatic carbocycles. The molecular weight excluding hydrogens is 296 g/mol. The Morgan fingerprint density at radius 2 is 1.86 bits per heavy atom. The average Bonchev–Trinajstić information content (AvgIpc) is 2.38. The zero-order valence-corrected chi connectivity index (χ0v) is 10.5. The van der Waals surface area contributed by atoms with Gasteiger partial charge < -0.3 is 9.72 Å². The number of rotatable bonds is 2. The highest BCUT2D eigenvalue weighted by molar-refractivity contribution is 5.39. The van der Waals surface area contributed by atoms with Gasteiger partial charge in [-0.25, -0.2) is 13.8 Å². The molecule has 0 saturated heterocycles. The zero-order valence-electron chi connectivity index (χ0n) is 10.5. The van der Waals surface area contributed by atoms with Gasteiger partial charge >= 0.3 is 11.9 Å². The maximum atomic E-state index is 13.8. The summed E-state index contributed by atoms with van der Waals surface area (Å²) < 4.78 is 56.2. The van der Waals surface area contributed by atoms with Crippen molar-refractivity contribution in [2.75, 3.05) is 7.11 Å². The molecule has 0 spiro atoms. The molecule has 0 atom stereocenters. The molecule has 112 valence electrons. The van der Waals surface area contributed by atoms with Crippen LogP contribution < -0.4 is 16.0 Å². The summed E-state index contributed by atoms with van der Waals surface area (Å²) in [5.74, 6) is -0.852. The standard InChI is InChI=1S/C12H8F4N2O3/c1-21-6-2-3-8(7(13)4-6)18-10(19)5-9(12(14,15)16)17-11(18)20/h2-5H,1H3,(H,17,20). The van der Waals surface area contributed by atoms with E-state index in [1.165, 1.54) is 18.2 Å². The topological polar surface area (TPSA) is 64.1 Å². The minimum atomic E-state index is -4.88. The highest BCUT2D eigenvalue weighted by atomic mass is 19.4. The Balaban J connectivity index is 2.66. The second-order valence-corrected chi connectivity index (χ2v) is 3.98. The predicted octanol–water partition coefficient (Wildman–Crippen LogP) is 1.69. The molecule has 1 heterocycles. The second kappa shape index (κ2) is 5.08. The lowest BCUT2D eigenvalue weighted by atomic mass is 10.2. The first kappa shape index (κ1) is 14.8. The minimum Gasteiger partial charge on any atom is -0.497 e. The van der Waals surface area contributed by atoms with Gasteiger partial charge in [-0.3, -0.25) is 4.79 Å². The molecule has 2 rings (SSSR count). The smallest absolute Gasteiger partial charge is 0.431 e. The van der Waals surface area contributed by atoms with Crippen LogP contribution in [0.15, 0.2) is 33.9 Å². The number of alkyl halides is 3. The summed E-state index contributed by atoms with van der Waals surface area (Å²) in [6, 6.07) is 3.41. The lowest BCUT2D eigenvalue weighted by molar-refractivity contribution is -0.141. The number of nitrogens with one attached hydrogen (secondary N) is 1. The van der Waals surface area contributed by atoms with Gasteiger partial charge in [-0.15, -0.1) is 0 Å². The number of nitrogens with zero attached hydrogens (tertiary/aromatic N) is 1. The van der Waals surface area contributed by atoms with E-state index in [1.54, 1.807) is 0 Å². The van der Waals surface area contributed by atoms with E-state index in [0.29, 0.717) is 0 Å². The van der Waals surface area contributed by atoms with Crippen molar-refractivity contribution in [2.24, 2.45) is 0 Å². The van der Waals surface area contributed by atoms with Crippen molar-refractivity contribution in [3.05, 3.63) is 56.6 Å². The van der Waals surface area contributed by atoms with Crippen LogP contribution in [0.1, 0.15) is 5.69 Å².